The van der Waals surface area contributed by atoms with Gasteiger partial charge in [0.2, 0.25) is 11.8 Å². The van der Waals surface area contributed by atoms with Crippen molar-refractivity contribution in [3.8, 4) is 0 Å². The molecule has 2 fully saturated rings. The van der Waals surface area contributed by atoms with Gasteiger partial charge in [-0.05, 0) is 29.1 Å². The number of carbonyl (C=O) groups is 3. The minimum atomic E-state index is -0.854. The smallest absolute Gasteiger partial charge is 0.249 e. The molecule has 1 aromatic heterocycles. The summed E-state index contributed by atoms with van der Waals surface area (Å²) in [5.74, 6) is -1.85. The lowest BCUT2D eigenvalue weighted by atomic mass is 9.78. The number of ketones is 1. The highest BCUT2D eigenvalue weighted by Gasteiger charge is 2.58. The Morgan fingerprint density at radius 2 is 1.79 bits per heavy atom. The molecule has 38 heavy (non-hydrogen) atoms. The van der Waals surface area contributed by atoms with Gasteiger partial charge in [0.15, 0.2) is 5.78 Å². The van der Waals surface area contributed by atoms with E-state index >= 15 is 0 Å². The molecule has 2 aromatic carbocycles. The summed E-state index contributed by atoms with van der Waals surface area (Å²) in [6.07, 6.45) is 0. The number of Topliss-reactive ketones (excluding diaryl/α,β-unsaturated/α-hetero) is 1. The predicted octanol–water partition coefficient (Wildman–Crippen LogP) is 4.01. The third-order valence-electron chi connectivity index (χ3n) is 7.33. The van der Waals surface area contributed by atoms with Gasteiger partial charge in [0, 0.05) is 54.7 Å². The van der Waals surface area contributed by atoms with Crippen molar-refractivity contribution in [1.82, 2.24) is 15.1 Å². The summed E-state index contributed by atoms with van der Waals surface area (Å²) in [7, 11) is 1.46. The molecule has 7 nitrogen and oxygen atoms in total. The minimum absolute atomic E-state index is 0.142. The average Bonchev–Trinajstić information content (AvgIpc) is 3.60. The fourth-order valence-corrected chi connectivity index (χ4v) is 6.83. The second-order valence-corrected chi connectivity index (χ2v) is 11.0. The number of methoxy groups -OCH3 is 1. The van der Waals surface area contributed by atoms with Gasteiger partial charge < -0.3 is 19.9 Å². The van der Waals surface area contributed by atoms with Crippen LogP contribution in [0.5, 0.6) is 0 Å². The first kappa shape index (κ1) is 26.6. The van der Waals surface area contributed by atoms with Crippen LogP contribution in [0.4, 0.5) is 0 Å². The first-order valence-electron chi connectivity index (χ1n) is 12.7. The van der Waals surface area contributed by atoms with Crippen LogP contribution >= 0.6 is 22.9 Å². The van der Waals surface area contributed by atoms with Crippen LogP contribution in [0.15, 0.2) is 72.1 Å². The van der Waals surface area contributed by atoms with Crippen molar-refractivity contribution >= 4 is 40.5 Å². The molecule has 4 unspecified atom stereocenters. The van der Waals surface area contributed by atoms with Crippen molar-refractivity contribution in [3.63, 3.8) is 0 Å². The van der Waals surface area contributed by atoms with Gasteiger partial charge in [-0.2, -0.15) is 0 Å². The Bertz CT molecular complexity index is 1280. The van der Waals surface area contributed by atoms with Crippen LogP contribution in [-0.4, -0.2) is 73.3 Å². The lowest BCUT2D eigenvalue weighted by Gasteiger charge is -2.36. The maximum atomic E-state index is 14.4. The Hall–Kier alpha value is -3.04. The number of likely N-dealkylation sites (tertiary alicyclic amines) is 1. The molecule has 5 rings (SSSR count). The van der Waals surface area contributed by atoms with E-state index < -0.39 is 23.9 Å². The number of hydrogen-bond donors (Lipinski definition) is 1. The maximum Gasteiger partial charge on any atom is 0.249 e. The van der Waals surface area contributed by atoms with Gasteiger partial charge in [-0.25, -0.2) is 0 Å². The molecule has 2 amide bonds. The number of benzene rings is 2. The van der Waals surface area contributed by atoms with E-state index in [-0.39, 0.29) is 24.2 Å². The van der Waals surface area contributed by atoms with Gasteiger partial charge in [-0.15, -0.1) is 11.3 Å². The summed E-state index contributed by atoms with van der Waals surface area (Å²) in [5.41, 5.74) is 1.26. The monoisotopic (exact) mass is 551 g/mol. The molecule has 0 bridgehead atoms. The number of carbonyl (C=O) groups excluding carboxylic acids is 3. The molecule has 4 atom stereocenters. The van der Waals surface area contributed by atoms with Crippen molar-refractivity contribution < 1.29 is 19.1 Å². The third kappa shape index (κ3) is 5.14. The van der Waals surface area contributed by atoms with Crippen LogP contribution in [0.1, 0.15) is 32.8 Å². The molecule has 2 aliphatic rings. The maximum absolute atomic E-state index is 14.4. The van der Waals surface area contributed by atoms with E-state index in [0.29, 0.717) is 36.8 Å². The molecule has 0 radical (unpaired) electrons. The number of amides is 2. The van der Waals surface area contributed by atoms with E-state index in [4.69, 9.17) is 16.3 Å². The molecular weight excluding hydrogens is 522 g/mol. The summed E-state index contributed by atoms with van der Waals surface area (Å²) in [6.45, 7) is 2.26. The van der Waals surface area contributed by atoms with E-state index in [1.54, 1.807) is 29.2 Å². The molecule has 9 heteroatoms. The molecule has 0 spiro atoms. The number of hydrogen-bond acceptors (Lipinski definition) is 6. The van der Waals surface area contributed by atoms with Crippen molar-refractivity contribution in [2.75, 3.05) is 39.9 Å². The van der Waals surface area contributed by atoms with Crippen LogP contribution in [0.25, 0.3) is 0 Å². The topological polar surface area (TPSA) is 79.0 Å². The Labute approximate surface area is 231 Å². The third-order valence-corrected chi connectivity index (χ3v) is 8.54. The van der Waals surface area contributed by atoms with Gasteiger partial charge in [0.25, 0.3) is 0 Å². The van der Waals surface area contributed by atoms with E-state index in [1.165, 1.54) is 18.4 Å². The Kier molecular flexibility index (Phi) is 8.24. The van der Waals surface area contributed by atoms with Crippen molar-refractivity contribution in [1.29, 1.82) is 0 Å². The van der Waals surface area contributed by atoms with Crippen molar-refractivity contribution in [2.24, 2.45) is 5.92 Å². The van der Waals surface area contributed by atoms with Gasteiger partial charge in [0.1, 0.15) is 12.6 Å². The second kappa shape index (κ2) is 11.8. The van der Waals surface area contributed by atoms with E-state index in [1.807, 2.05) is 52.7 Å². The summed E-state index contributed by atoms with van der Waals surface area (Å²) >= 11 is 7.79. The fourth-order valence-electron chi connectivity index (χ4n) is 5.74. The molecule has 198 valence electrons. The lowest BCUT2D eigenvalue weighted by molar-refractivity contribution is -0.148. The zero-order valence-electron chi connectivity index (χ0n) is 21.1. The van der Waals surface area contributed by atoms with Gasteiger partial charge in [0.05, 0.1) is 12.0 Å². The Morgan fingerprint density at radius 3 is 2.45 bits per heavy atom. The number of halogens is 1. The van der Waals surface area contributed by atoms with Crippen molar-refractivity contribution in [2.45, 2.75) is 18.0 Å². The highest BCUT2D eigenvalue weighted by atomic mass is 35.5. The molecule has 3 heterocycles. The largest absolute Gasteiger partial charge is 0.375 e. The van der Waals surface area contributed by atoms with Crippen molar-refractivity contribution in [3.05, 3.63) is 93.1 Å². The number of rotatable bonds is 7. The minimum Gasteiger partial charge on any atom is -0.375 e. The lowest BCUT2D eigenvalue weighted by Crippen LogP contribution is -2.55. The predicted molar refractivity (Wildman–Crippen MR) is 147 cm³/mol. The molecule has 2 aliphatic heterocycles. The van der Waals surface area contributed by atoms with E-state index in [0.717, 1.165) is 10.4 Å². The van der Waals surface area contributed by atoms with E-state index in [9.17, 15) is 14.4 Å². The normalized spacial score (nSPS) is 23.4. The van der Waals surface area contributed by atoms with Crippen LogP contribution < -0.4 is 5.32 Å². The molecule has 2 saturated heterocycles. The molecule has 1 N–H and O–H groups in total. The molecule has 0 saturated carbocycles. The highest BCUT2D eigenvalue weighted by molar-refractivity contribution is 7.10. The van der Waals surface area contributed by atoms with Gasteiger partial charge >= 0.3 is 0 Å². The summed E-state index contributed by atoms with van der Waals surface area (Å²) in [5, 5.41) is 5.68. The molecule has 0 aliphatic carbocycles. The zero-order chi connectivity index (χ0) is 26.6. The number of ether oxygens (including phenoxy) is 1. The standard InChI is InChI=1S/C29H30ClN3O4S/c1-37-18-23(34)33-26(19-7-3-2-4-8-19)25(28(35)20-9-5-10-21(30)17-20)24(22-11-6-16-38-22)27(33)29(36)32-14-12-31-13-15-32/h2-11,16-17,24-27,31H,12-15,18H2,1H3. The van der Waals surface area contributed by atoms with Gasteiger partial charge in [-0.1, -0.05) is 60.1 Å². The summed E-state index contributed by atoms with van der Waals surface area (Å²) in [4.78, 5) is 46.8. The molecular formula is C29H30ClN3O4S. The number of nitrogens with one attached hydrogen (secondary N) is 1. The Balaban J connectivity index is 1.72. The van der Waals surface area contributed by atoms with Crippen LogP contribution in [0.2, 0.25) is 5.02 Å². The van der Waals surface area contributed by atoms with Crippen LogP contribution in [-0.2, 0) is 14.3 Å². The number of thiophene rings is 1. The number of nitrogens with zero attached hydrogens (tertiary/aromatic N) is 2. The quantitative estimate of drug-likeness (QED) is 0.449. The zero-order valence-corrected chi connectivity index (χ0v) is 22.7. The van der Waals surface area contributed by atoms with E-state index in [2.05, 4.69) is 5.32 Å². The second-order valence-electron chi connectivity index (χ2n) is 9.55. The van der Waals surface area contributed by atoms with Crippen LogP contribution in [0.3, 0.4) is 0 Å². The fraction of sp³-hybridized carbons (Fsp3) is 0.345. The summed E-state index contributed by atoms with van der Waals surface area (Å²) in [6, 6.07) is 18.7. The SMILES string of the molecule is COCC(=O)N1C(C(=O)N2CCNCC2)C(c2cccs2)C(C(=O)c2cccc(Cl)c2)C1c1ccccc1. The molecule has 3 aromatic rings. The van der Waals surface area contributed by atoms with Crippen LogP contribution in [0, 0.1) is 5.92 Å². The summed E-state index contributed by atoms with van der Waals surface area (Å²) < 4.78 is 5.27. The highest BCUT2D eigenvalue weighted by Crippen LogP contribution is 2.52. The average molecular weight is 552 g/mol. The Morgan fingerprint density at radius 1 is 1.03 bits per heavy atom. The van der Waals surface area contributed by atoms with Gasteiger partial charge in [-0.3, -0.25) is 14.4 Å². The first-order chi connectivity index (χ1) is 18.5. The first-order valence-corrected chi connectivity index (χ1v) is 13.9. The number of piperazine rings is 1.